The third-order valence-corrected chi connectivity index (χ3v) is 5.18. The molecule has 33 heavy (non-hydrogen) atoms. The van der Waals surface area contributed by atoms with Crippen LogP contribution in [0, 0.1) is 5.82 Å². The summed E-state index contributed by atoms with van der Waals surface area (Å²) in [5.41, 5.74) is 4.66. The first-order valence-corrected chi connectivity index (χ1v) is 10.7. The van der Waals surface area contributed by atoms with Crippen molar-refractivity contribution >= 4 is 28.8 Å². The second-order valence-corrected chi connectivity index (χ2v) is 7.40. The highest BCUT2D eigenvalue weighted by molar-refractivity contribution is 6.12. The van der Waals surface area contributed by atoms with E-state index in [4.69, 9.17) is 4.42 Å². The Labute approximate surface area is 192 Å². The van der Waals surface area contributed by atoms with Crippen molar-refractivity contribution in [2.45, 2.75) is 13.8 Å². The van der Waals surface area contributed by atoms with Crippen molar-refractivity contribution in [3.8, 4) is 22.5 Å². The number of amides is 1. The van der Waals surface area contributed by atoms with Crippen LogP contribution in [0.4, 0.5) is 10.1 Å². The van der Waals surface area contributed by atoms with E-state index in [2.05, 4.69) is 5.32 Å². The molecule has 6 heteroatoms. The molecule has 0 saturated carbocycles. The molecule has 0 radical (unpaired) electrons. The molecule has 4 aromatic rings. The number of fused-ring (bicyclic) bond motifs is 1. The standard InChI is InChI=1S/C25H21FN2O3.C2H6/c1-27-25(30)23-20-12-19(17-6-4-5-15(11-17)14-29)21(28(2)3)13-22(20)31-24(23)16-7-9-18(26)10-8-16;1-2/h4-14H,1-3H3,(H,27,30);1-2H3. The molecule has 0 spiro atoms. The van der Waals surface area contributed by atoms with Crippen LogP contribution in [0.3, 0.4) is 0 Å². The van der Waals surface area contributed by atoms with Gasteiger partial charge in [0.1, 0.15) is 23.4 Å². The van der Waals surface area contributed by atoms with Crippen LogP contribution >= 0.6 is 0 Å². The van der Waals surface area contributed by atoms with Crippen LogP contribution in [0.25, 0.3) is 33.4 Å². The minimum atomic E-state index is -0.367. The zero-order valence-electron chi connectivity index (χ0n) is 19.4. The van der Waals surface area contributed by atoms with Gasteiger partial charge in [0.25, 0.3) is 5.91 Å². The Morgan fingerprint density at radius 3 is 2.30 bits per heavy atom. The number of anilines is 1. The van der Waals surface area contributed by atoms with Crippen molar-refractivity contribution in [3.05, 3.63) is 77.6 Å². The average Bonchev–Trinajstić information content (AvgIpc) is 3.23. The number of hydrogen-bond donors (Lipinski definition) is 1. The Morgan fingerprint density at radius 1 is 1.00 bits per heavy atom. The molecule has 0 aliphatic heterocycles. The molecular formula is C27H27FN2O3. The fourth-order valence-corrected chi connectivity index (χ4v) is 3.67. The summed E-state index contributed by atoms with van der Waals surface area (Å²) in [7, 11) is 5.38. The number of rotatable bonds is 5. The van der Waals surface area contributed by atoms with Crippen molar-refractivity contribution in [1.29, 1.82) is 0 Å². The van der Waals surface area contributed by atoms with Crippen LogP contribution in [0.1, 0.15) is 34.6 Å². The summed E-state index contributed by atoms with van der Waals surface area (Å²) in [5, 5.41) is 3.30. The molecule has 0 aliphatic carbocycles. The monoisotopic (exact) mass is 446 g/mol. The molecule has 1 aromatic heterocycles. The molecule has 0 aliphatic rings. The van der Waals surface area contributed by atoms with E-state index in [1.54, 1.807) is 25.2 Å². The predicted molar refractivity (Wildman–Crippen MR) is 131 cm³/mol. The van der Waals surface area contributed by atoms with Crippen molar-refractivity contribution in [2.75, 3.05) is 26.0 Å². The van der Waals surface area contributed by atoms with Gasteiger partial charge in [-0.15, -0.1) is 0 Å². The molecule has 1 heterocycles. The van der Waals surface area contributed by atoms with E-state index >= 15 is 0 Å². The lowest BCUT2D eigenvalue weighted by atomic mass is 9.97. The highest BCUT2D eigenvalue weighted by Gasteiger charge is 2.24. The minimum Gasteiger partial charge on any atom is -0.455 e. The SMILES string of the molecule is CC.CNC(=O)c1c(-c2ccc(F)cc2)oc2cc(N(C)C)c(-c3cccc(C=O)c3)cc12. The lowest BCUT2D eigenvalue weighted by Crippen LogP contribution is -2.18. The van der Waals surface area contributed by atoms with Gasteiger partial charge >= 0.3 is 0 Å². The van der Waals surface area contributed by atoms with Crippen LogP contribution in [0.2, 0.25) is 0 Å². The normalized spacial score (nSPS) is 10.4. The van der Waals surface area contributed by atoms with Gasteiger partial charge in [0, 0.05) is 55.0 Å². The Kier molecular flexibility index (Phi) is 7.28. The second-order valence-electron chi connectivity index (χ2n) is 7.40. The number of halogens is 1. The van der Waals surface area contributed by atoms with E-state index in [1.807, 2.05) is 63.2 Å². The van der Waals surface area contributed by atoms with Gasteiger partial charge in [-0.3, -0.25) is 9.59 Å². The summed E-state index contributed by atoms with van der Waals surface area (Å²) < 4.78 is 19.5. The molecule has 1 N–H and O–H groups in total. The summed E-state index contributed by atoms with van der Waals surface area (Å²) in [5.74, 6) is -0.297. The fraction of sp³-hybridized carbons (Fsp3) is 0.185. The molecule has 5 nitrogen and oxygen atoms in total. The van der Waals surface area contributed by atoms with E-state index in [0.717, 1.165) is 23.1 Å². The van der Waals surface area contributed by atoms with Crippen LogP contribution in [-0.2, 0) is 0 Å². The molecule has 4 rings (SSSR count). The number of carbonyl (C=O) groups is 2. The van der Waals surface area contributed by atoms with Gasteiger partial charge in [0.05, 0.1) is 5.56 Å². The molecule has 0 saturated heterocycles. The largest absolute Gasteiger partial charge is 0.455 e. The smallest absolute Gasteiger partial charge is 0.255 e. The van der Waals surface area contributed by atoms with Gasteiger partial charge < -0.3 is 14.6 Å². The zero-order chi connectivity index (χ0) is 24.1. The minimum absolute atomic E-state index is 0.303. The molecule has 0 atom stereocenters. The van der Waals surface area contributed by atoms with Gasteiger partial charge in [-0.25, -0.2) is 4.39 Å². The molecule has 0 unspecified atom stereocenters. The third kappa shape index (κ3) is 4.65. The number of furan rings is 1. The summed E-state index contributed by atoms with van der Waals surface area (Å²) in [6.45, 7) is 4.00. The number of benzene rings is 3. The molecule has 1 amide bonds. The van der Waals surface area contributed by atoms with Crippen LogP contribution in [0.5, 0.6) is 0 Å². The van der Waals surface area contributed by atoms with E-state index in [0.29, 0.717) is 33.4 Å². The Balaban J connectivity index is 0.00000149. The van der Waals surface area contributed by atoms with Gasteiger partial charge in [-0.2, -0.15) is 0 Å². The Bertz CT molecular complexity index is 1290. The molecule has 0 bridgehead atoms. The first kappa shape index (κ1) is 23.7. The van der Waals surface area contributed by atoms with Gasteiger partial charge in [-0.1, -0.05) is 32.0 Å². The maximum Gasteiger partial charge on any atom is 0.255 e. The van der Waals surface area contributed by atoms with E-state index < -0.39 is 0 Å². The van der Waals surface area contributed by atoms with Crippen LogP contribution < -0.4 is 10.2 Å². The first-order chi connectivity index (χ1) is 15.9. The van der Waals surface area contributed by atoms with Crippen LogP contribution in [0.15, 0.2) is 65.1 Å². The Hall–Kier alpha value is -3.93. The predicted octanol–water partition coefficient (Wildman–Crippen LogP) is 6.17. The first-order valence-electron chi connectivity index (χ1n) is 10.7. The van der Waals surface area contributed by atoms with E-state index in [9.17, 15) is 14.0 Å². The number of nitrogens with one attached hydrogen (secondary N) is 1. The number of aldehydes is 1. The zero-order valence-corrected chi connectivity index (χ0v) is 19.4. The molecular weight excluding hydrogens is 419 g/mol. The molecule has 170 valence electrons. The van der Waals surface area contributed by atoms with Crippen molar-refractivity contribution in [1.82, 2.24) is 5.32 Å². The summed E-state index contributed by atoms with van der Waals surface area (Å²) >= 11 is 0. The number of carbonyl (C=O) groups excluding carboxylic acids is 2. The summed E-state index contributed by atoms with van der Waals surface area (Å²) in [6, 6.07) is 16.9. The lowest BCUT2D eigenvalue weighted by Gasteiger charge is -2.18. The molecule has 0 fully saturated rings. The second kappa shape index (κ2) is 10.1. The van der Waals surface area contributed by atoms with E-state index in [1.165, 1.54) is 12.1 Å². The van der Waals surface area contributed by atoms with Crippen molar-refractivity contribution < 1.29 is 18.4 Å². The van der Waals surface area contributed by atoms with Gasteiger partial charge in [-0.05, 0) is 42.0 Å². The summed E-state index contributed by atoms with van der Waals surface area (Å²) in [4.78, 5) is 26.0. The van der Waals surface area contributed by atoms with Crippen LogP contribution in [-0.4, -0.2) is 33.3 Å². The maximum atomic E-state index is 13.4. The average molecular weight is 447 g/mol. The van der Waals surface area contributed by atoms with Crippen molar-refractivity contribution in [3.63, 3.8) is 0 Å². The highest BCUT2D eigenvalue weighted by atomic mass is 19.1. The van der Waals surface area contributed by atoms with Gasteiger partial charge in [0.2, 0.25) is 0 Å². The number of nitrogens with zero attached hydrogens (tertiary/aromatic N) is 1. The number of hydrogen-bond acceptors (Lipinski definition) is 4. The third-order valence-electron chi connectivity index (χ3n) is 5.18. The fourth-order valence-electron chi connectivity index (χ4n) is 3.67. The van der Waals surface area contributed by atoms with Crippen molar-refractivity contribution in [2.24, 2.45) is 0 Å². The Morgan fingerprint density at radius 2 is 1.70 bits per heavy atom. The molecule has 3 aromatic carbocycles. The van der Waals surface area contributed by atoms with E-state index in [-0.39, 0.29) is 11.7 Å². The highest BCUT2D eigenvalue weighted by Crippen LogP contribution is 2.40. The van der Waals surface area contributed by atoms with Gasteiger partial charge in [0.15, 0.2) is 0 Å². The quantitative estimate of drug-likeness (QED) is 0.372. The topological polar surface area (TPSA) is 62.6 Å². The maximum absolute atomic E-state index is 13.4. The summed E-state index contributed by atoms with van der Waals surface area (Å²) in [6.07, 6.45) is 0.803. The lowest BCUT2D eigenvalue weighted by molar-refractivity contribution is 0.0964.